The largest absolute Gasteiger partial charge is 0.352 e. The number of hydrogen-bond acceptors (Lipinski definition) is 4. The average Bonchev–Trinajstić information content (AvgIpc) is 2.15. The number of methoxy groups -OCH3 is 2. The van der Waals surface area contributed by atoms with E-state index in [-0.39, 0.29) is 10.6 Å². The smallest absolute Gasteiger partial charge is 0.285 e. The van der Waals surface area contributed by atoms with Crippen molar-refractivity contribution < 1.29 is 13.9 Å². The highest BCUT2D eigenvalue weighted by Crippen LogP contribution is 2.19. The van der Waals surface area contributed by atoms with Gasteiger partial charge in [-0.25, -0.2) is 4.39 Å². The lowest BCUT2D eigenvalue weighted by molar-refractivity contribution is -0.108. The SMILES string of the molecule is COC(OC)c1cc(S)[nH]c(=O)c1F. The van der Waals surface area contributed by atoms with Gasteiger partial charge in [-0.3, -0.25) is 4.79 Å². The number of pyridine rings is 1. The van der Waals surface area contributed by atoms with Crippen LogP contribution in [0.5, 0.6) is 0 Å². The number of hydrogen-bond donors (Lipinski definition) is 2. The molecule has 1 aromatic heterocycles. The molecule has 0 atom stereocenters. The van der Waals surface area contributed by atoms with Crippen molar-refractivity contribution in [2.24, 2.45) is 0 Å². The first-order chi connectivity index (χ1) is 6.60. The van der Waals surface area contributed by atoms with Gasteiger partial charge in [0.1, 0.15) is 0 Å². The molecule has 14 heavy (non-hydrogen) atoms. The summed E-state index contributed by atoms with van der Waals surface area (Å²) in [5.74, 6) is -0.920. The lowest BCUT2D eigenvalue weighted by atomic mass is 10.2. The molecule has 0 saturated heterocycles. The van der Waals surface area contributed by atoms with Crippen LogP contribution in [-0.2, 0) is 9.47 Å². The van der Waals surface area contributed by atoms with Crippen molar-refractivity contribution in [2.45, 2.75) is 11.3 Å². The minimum Gasteiger partial charge on any atom is -0.352 e. The van der Waals surface area contributed by atoms with E-state index in [9.17, 15) is 9.18 Å². The zero-order valence-corrected chi connectivity index (χ0v) is 8.60. The van der Waals surface area contributed by atoms with Gasteiger partial charge in [-0.2, -0.15) is 0 Å². The van der Waals surface area contributed by atoms with Crippen LogP contribution in [0.15, 0.2) is 15.9 Å². The number of aromatic nitrogens is 1. The van der Waals surface area contributed by atoms with Gasteiger partial charge in [-0.1, -0.05) is 0 Å². The van der Waals surface area contributed by atoms with Gasteiger partial charge < -0.3 is 14.5 Å². The zero-order chi connectivity index (χ0) is 10.7. The Hall–Kier alpha value is -0.850. The van der Waals surface area contributed by atoms with Crippen molar-refractivity contribution >= 4 is 12.6 Å². The first-order valence-corrected chi connectivity index (χ1v) is 4.22. The molecule has 1 heterocycles. The van der Waals surface area contributed by atoms with Gasteiger partial charge in [0.2, 0.25) is 0 Å². The number of rotatable bonds is 3. The molecule has 1 rings (SSSR count). The van der Waals surface area contributed by atoms with Gasteiger partial charge in [-0.05, 0) is 6.07 Å². The van der Waals surface area contributed by atoms with E-state index in [2.05, 4.69) is 17.6 Å². The van der Waals surface area contributed by atoms with Crippen molar-refractivity contribution in [3.05, 3.63) is 27.8 Å². The van der Waals surface area contributed by atoms with E-state index in [1.807, 2.05) is 0 Å². The molecule has 78 valence electrons. The molecule has 0 amide bonds. The highest BCUT2D eigenvalue weighted by atomic mass is 32.1. The number of ether oxygens (including phenoxy) is 2. The van der Waals surface area contributed by atoms with E-state index in [1.165, 1.54) is 20.3 Å². The molecular weight excluding hydrogens is 209 g/mol. The van der Waals surface area contributed by atoms with E-state index in [0.29, 0.717) is 0 Å². The van der Waals surface area contributed by atoms with Crippen LogP contribution in [0.25, 0.3) is 0 Å². The fourth-order valence-electron chi connectivity index (χ4n) is 1.07. The predicted octanol–water partition coefficient (Wildman–Crippen LogP) is 1.09. The fourth-order valence-corrected chi connectivity index (χ4v) is 1.31. The summed E-state index contributed by atoms with van der Waals surface area (Å²) in [6.45, 7) is 0. The summed E-state index contributed by atoms with van der Waals surface area (Å²) in [5.41, 5.74) is -0.810. The summed E-state index contributed by atoms with van der Waals surface area (Å²) in [5, 5.41) is 0.255. The second kappa shape index (κ2) is 4.59. The molecule has 0 spiro atoms. The molecule has 0 radical (unpaired) electrons. The fraction of sp³-hybridized carbons (Fsp3) is 0.375. The van der Waals surface area contributed by atoms with Crippen molar-refractivity contribution in [1.29, 1.82) is 0 Å². The van der Waals surface area contributed by atoms with Crippen molar-refractivity contribution in [3.63, 3.8) is 0 Å². The van der Waals surface area contributed by atoms with Crippen molar-refractivity contribution in [2.75, 3.05) is 14.2 Å². The summed E-state index contributed by atoms with van der Waals surface area (Å²) >= 11 is 3.91. The number of thiol groups is 1. The second-order valence-corrected chi connectivity index (χ2v) is 3.04. The molecule has 0 aromatic carbocycles. The molecule has 1 aromatic rings. The van der Waals surface area contributed by atoms with Gasteiger partial charge in [-0.15, -0.1) is 12.6 Å². The third kappa shape index (κ3) is 2.14. The molecular formula is C8H10FNO3S. The Bertz CT molecular complexity index is 375. The van der Waals surface area contributed by atoms with E-state index in [0.717, 1.165) is 0 Å². The normalized spacial score (nSPS) is 10.9. The Labute approximate surface area is 85.5 Å². The van der Waals surface area contributed by atoms with Crippen LogP contribution >= 0.6 is 12.6 Å². The number of aromatic amines is 1. The van der Waals surface area contributed by atoms with Crippen LogP contribution in [-0.4, -0.2) is 19.2 Å². The average molecular weight is 219 g/mol. The lowest BCUT2D eigenvalue weighted by Gasteiger charge is -2.13. The molecule has 0 aliphatic rings. The Morgan fingerprint density at radius 3 is 2.57 bits per heavy atom. The highest BCUT2D eigenvalue weighted by molar-refractivity contribution is 7.80. The first kappa shape index (κ1) is 11.2. The maximum absolute atomic E-state index is 13.3. The maximum Gasteiger partial charge on any atom is 0.285 e. The molecule has 0 aliphatic carbocycles. The standard InChI is InChI=1S/C8H10FNO3S/c1-12-8(13-2)4-3-5(14)10-7(11)6(4)9/h3,8H,1-2H3,(H2,10,11,14). The van der Waals surface area contributed by atoms with Crippen LogP contribution in [0.3, 0.4) is 0 Å². The van der Waals surface area contributed by atoms with Gasteiger partial charge in [0.15, 0.2) is 12.1 Å². The molecule has 0 bridgehead atoms. The zero-order valence-electron chi connectivity index (χ0n) is 7.70. The summed E-state index contributed by atoms with van der Waals surface area (Å²) in [7, 11) is 2.71. The summed E-state index contributed by atoms with van der Waals surface area (Å²) in [4.78, 5) is 13.2. The van der Waals surface area contributed by atoms with E-state index in [4.69, 9.17) is 9.47 Å². The van der Waals surface area contributed by atoms with Gasteiger partial charge in [0.25, 0.3) is 5.56 Å². The summed E-state index contributed by atoms with van der Waals surface area (Å²) in [6, 6.07) is 1.34. The second-order valence-electron chi connectivity index (χ2n) is 2.56. The van der Waals surface area contributed by atoms with Gasteiger partial charge in [0, 0.05) is 14.2 Å². The van der Waals surface area contributed by atoms with Crippen LogP contribution in [0.4, 0.5) is 4.39 Å². The number of halogens is 1. The van der Waals surface area contributed by atoms with Gasteiger partial charge in [0.05, 0.1) is 10.6 Å². The molecule has 6 heteroatoms. The topological polar surface area (TPSA) is 51.3 Å². The van der Waals surface area contributed by atoms with E-state index < -0.39 is 17.7 Å². The highest BCUT2D eigenvalue weighted by Gasteiger charge is 2.17. The Morgan fingerprint density at radius 2 is 2.07 bits per heavy atom. The van der Waals surface area contributed by atoms with Crippen molar-refractivity contribution in [1.82, 2.24) is 4.98 Å². The number of nitrogens with one attached hydrogen (secondary N) is 1. The lowest BCUT2D eigenvalue weighted by Crippen LogP contribution is -2.17. The van der Waals surface area contributed by atoms with Crippen LogP contribution in [0, 0.1) is 5.82 Å². The molecule has 4 nitrogen and oxygen atoms in total. The van der Waals surface area contributed by atoms with Gasteiger partial charge >= 0.3 is 0 Å². The van der Waals surface area contributed by atoms with Crippen LogP contribution in [0.1, 0.15) is 11.9 Å². The maximum atomic E-state index is 13.3. The van der Waals surface area contributed by atoms with E-state index >= 15 is 0 Å². The minimum absolute atomic E-state index is 0.0313. The van der Waals surface area contributed by atoms with Crippen molar-refractivity contribution in [3.8, 4) is 0 Å². The first-order valence-electron chi connectivity index (χ1n) is 3.77. The van der Waals surface area contributed by atoms with E-state index in [1.54, 1.807) is 0 Å². The molecule has 0 fully saturated rings. The van der Waals surface area contributed by atoms with Crippen LogP contribution < -0.4 is 5.56 Å². The van der Waals surface area contributed by atoms with Crippen LogP contribution in [0.2, 0.25) is 0 Å². The molecule has 0 saturated carbocycles. The Morgan fingerprint density at radius 1 is 1.50 bits per heavy atom. The Kier molecular flexibility index (Phi) is 3.68. The third-order valence-corrected chi connectivity index (χ3v) is 1.91. The minimum atomic E-state index is -0.920. The monoisotopic (exact) mass is 219 g/mol. The predicted molar refractivity (Wildman–Crippen MR) is 51.0 cm³/mol. The molecule has 1 N–H and O–H groups in total. The quantitative estimate of drug-likeness (QED) is 0.591. The summed E-state index contributed by atoms with van der Waals surface area (Å²) in [6.07, 6.45) is -0.900. The third-order valence-electron chi connectivity index (χ3n) is 1.67. The molecule has 0 aliphatic heterocycles. The number of H-pyrrole nitrogens is 1. The summed E-state index contributed by atoms with van der Waals surface area (Å²) < 4.78 is 22.9. The Balaban J connectivity index is 3.25. The molecule has 0 unspecified atom stereocenters.